The first-order chi connectivity index (χ1) is 9.90. The van der Waals surface area contributed by atoms with Crippen LogP contribution in [0.2, 0.25) is 0 Å². The Bertz CT molecular complexity index is 252. The number of hydrogen-bond donors (Lipinski definition) is 2. The number of aliphatic hydroxyl groups excluding tert-OH is 1. The molecule has 0 saturated heterocycles. The highest BCUT2D eigenvalue weighted by molar-refractivity contribution is 4.72. The standard InChI is InChI=1S/C18H37NO2/c1-13(2)18(14(3)4)11-19-10-16(20)12-21-17-8-6-15(5)7-9-17/h13-20H,6-12H2,1-5H3. The summed E-state index contributed by atoms with van der Waals surface area (Å²) in [5.74, 6) is 2.86. The summed E-state index contributed by atoms with van der Waals surface area (Å²) in [6, 6.07) is 0. The van der Waals surface area contributed by atoms with E-state index in [0.717, 1.165) is 25.3 Å². The summed E-state index contributed by atoms with van der Waals surface area (Å²) >= 11 is 0. The van der Waals surface area contributed by atoms with Crippen LogP contribution in [-0.4, -0.2) is 37.0 Å². The third kappa shape index (κ3) is 7.62. The summed E-state index contributed by atoms with van der Waals surface area (Å²) in [5.41, 5.74) is 0. The molecule has 0 radical (unpaired) electrons. The van der Waals surface area contributed by atoms with Gasteiger partial charge in [0.2, 0.25) is 0 Å². The Morgan fingerprint density at radius 2 is 1.57 bits per heavy atom. The van der Waals surface area contributed by atoms with Crippen LogP contribution in [0.3, 0.4) is 0 Å². The predicted molar refractivity (Wildman–Crippen MR) is 89.4 cm³/mol. The van der Waals surface area contributed by atoms with Crippen LogP contribution in [0.5, 0.6) is 0 Å². The number of hydrogen-bond acceptors (Lipinski definition) is 3. The number of rotatable bonds is 9. The maximum absolute atomic E-state index is 10.0. The van der Waals surface area contributed by atoms with E-state index < -0.39 is 0 Å². The van der Waals surface area contributed by atoms with Gasteiger partial charge in [-0.15, -0.1) is 0 Å². The molecule has 0 aromatic carbocycles. The molecule has 1 fully saturated rings. The minimum absolute atomic E-state index is 0.370. The Balaban J connectivity index is 2.12. The van der Waals surface area contributed by atoms with Gasteiger partial charge in [0, 0.05) is 6.54 Å². The summed E-state index contributed by atoms with van der Waals surface area (Å²) in [6.07, 6.45) is 4.83. The van der Waals surface area contributed by atoms with Crippen molar-refractivity contribution in [1.29, 1.82) is 0 Å². The van der Waals surface area contributed by atoms with E-state index in [2.05, 4.69) is 39.9 Å². The molecule has 21 heavy (non-hydrogen) atoms. The SMILES string of the molecule is CC1CCC(OCC(O)CNCC(C(C)C)C(C)C)CC1. The minimum atomic E-state index is -0.385. The Morgan fingerprint density at radius 1 is 1.00 bits per heavy atom. The van der Waals surface area contributed by atoms with Crippen LogP contribution < -0.4 is 5.32 Å². The van der Waals surface area contributed by atoms with Gasteiger partial charge in [0.15, 0.2) is 0 Å². The first-order valence-electron chi connectivity index (χ1n) is 8.90. The van der Waals surface area contributed by atoms with Crippen molar-refractivity contribution in [3.05, 3.63) is 0 Å². The lowest BCUT2D eigenvalue weighted by Crippen LogP contribution is -2.37. The largest absolute Gasteiger partial charge is 0.389 e. The maximum Gasteiger partial charge on any atom is 0.0897 e. The van der Waals surface area contributed by atoms with Gasteiger partial charge in [-0.05, 0) is 55.9 Å². The van der Waals surface area contributed by atoms with Crippen LogP contribution in [-0.2, 0) is 4.74 Å². The van der Waals surface area contributed by atoms with Gasteiger partial charge in [0.25, 0.3) is 0 Å². The molecule has 1 unspecified atom stereocenters. The number of ether oxygens (including phenoxy) is 1. The van der Waals surface area contributed by atoms with Crippen LogP contribution in [0.1, 0.15) is 60.3 Å². The minimum Gasteiger partial charge on any atom is -0.389 e. The third-order valence-electron chi connectivity index (χ3n) is 4.96. The Labute approximate surface area is 131 Å². The fraction of sp³-hybridized carbons (Fsp3) is 1.00. The molecule has 3 heteroatoms. The molecule has 2 N–H and O–H groups in total. The molecule has 0 aliphatic heterocycles. The lowest BCUT2D eigenvalue weighted by molar-refractivity contribution is -0.0281. The van der Waals surface area contributed by atoms with Gasteiger partial charge < -0.3 is 15.2 Å². The van der Waals surface area contributed by atoms with E-state index in [4.69, 9.17) is 4.74 Å². The lowest BCUT2D eigenvalue weighted by atomic mass is 9.85. The van der Waals surface area contributed by atoms with E-state index in [1.807, 2.05) is 0 Å². The maximum atomic E-state index is 10.0. The van der Waals surface area contributed by atoms with Gasteiger partial charge in [-0.25, -0.2) is 0 Å². The zero-order chi connectivity index (χ0) is 15.8. The highest BCUT2D eigenvalue weighted by Gasteiger charge is 2.20. The number of aliphatic hydroxyl groups is 1. The zero-order valence-corrected chi connectivity index (χ0v) is 14.8. The highest BCUT2D eigenvalue weighted by Crippen LogP contribution is 2.25. The van der Waals surface area contributed by atoms with Crippen molar-refractivity contribution in [2.45, 2.75) is 72.5 Å². The first-order valence-corrected chi connectivity index (χ1v) is 8.90. The van der Waals surface area contributed by atoms with E-state index in [9.17, 15) is 5.11 Å². The van der Waals surface area contributed by atoms with Gasteiger partial charge in [-0.3, -0.25) is 0 Å². The van der Waals surface area contributed by atoms with Crippen LogP contribution in [0, 0.1) is 23.7 Å². The summed E-state index contributed by atoms with van der Waals surface area (Å²) in [4.78, 5) is 0. The van der Waals surface area contributed by atoms with Gasteiger partial charge in [0.1, 0.15) is 0 Å². The smallest absolute Gasteiger partial charge is 0.0897 e. The molecule has 0 aromatic rings. The fourth-order valence-corrected chi connectivity index (χ4v) is 3.36. The molecule has 1 aliphatic rings. The summed E-state index contributed by atoms with van der Waals surface area (Å²) < 4.78 is 5.86. The summed E-state index contributed by atoms with van der Waals surface area (Å²) in [5, 5.41) is 13.4. The van der Waals surface area contributed by atoms with Gasteiger partial charge in [0.05, 0.1) is 18.8 Å². The van der Waals surface area contributed by atoms with Crippen LogP contribution in [0.4, 0.5) is 0 Å². The zero-order valence-electron chi connectivity index (χ0n) is 14.8. The van der Waals surface area contributed by atoms with E-state index >= 15 is 0 Å². The van der Waals surface area contributed by atoms with Crippen molar-refractivity contribution in [3.8, 4) is 0 Å². The molecule has 0 amide bonds. The van der Waals surface area contributed by atoms with Crippen molar-refractivity contribution in [2.24, 2.45) is 23.7 Å². The van der Waals surface area contributed by atoms with Crippen molar-refractivity contribution < 1.29 is 9.84 Å². The molecule has 0 aromatic heterocycles. The van der Waals surface area contributed by atoms with Crippen LogP contribution in [0.15, 0.2) is 0 Å². The third-order valence-corrected chi connectivity index (χ3v) is 4.96. The predicted octanol–water partition coefficient (Wildman–Crippen LogP) is 3.46. The molecule has 0 spiro atoms. The normalized spacial score (nSPS) is 25.0. The van der Waals surface area contributed by atoms with E-state index in [1.165, 1.54) is 12.8 Å². The van der Waals surface area contributed by atoms with E-state index in [-0.39, 0.29) is 6.10 Å². The molecule has 1 saturated carbocycles. The lowest BCUT2D eigenvalue weighted by Gasteiger charge is -2.28. The van der Waals surface area contributed by atoms with E-state index in [0.29, 0.717) is 37.0 Å². The molecule has 1 atom stereocenters. The quantitative estimate of drug-likeness (QED) is 0.685. The average molecular weight is 299 g/mol. The Morgan fingerprint density at radius 3 is 2.10 bits per heavy atom. The monoisotopic (exact) mass is 299 g/mol. The summed E-state index contributed by atoms with van der Waals surface area (Å²) in [7, 11) is 0. The van der Waals surface area contributed by atoms with Crippen LogP contribution in [0.25, 0.3) is 0 Å². The molecular weight excluding hydrogens is 262 g/mol. The molecule has 1 aliphatic carbocycles. The van der Waals surface area contributed by atoms with Crippen molar-refractivity contribution in [3.63, 3.8) is 0 Å². The summed E-state index contributed by atoms with van der Waals surface area (Å²) in [6.45, 7) is 13.5. The van der Waals surface area contributed by atoms with Gasteiger partial charge >= 0.3 is 0 Å². The molecule has 0 bridgehead atoms. The Hall–Kier alpha value is -0.120. The van der Waals surface area contributed by atoms with Crippen molar-refractivity contribution in [2.75, 3.05) is 19.7 Å². The second kappa shape index (κ2) is 9.81. The first kappa shape index (κ1) is 18.9. The van der Waals surface area contributed by atoms with Gasteiger partial charge in [-0.1, -0.05) is 34.6 Å². The fourth-order valence-electron chi connectivity index (χ4n) is 3.36. The Kier molecular flexibility index (Phi) is 8.84. The molecular formula is C18H37NO2. The van der Waals surface area contributed by atoms with E-state index in [1.54, 1.807) is 0 Å². The average Bonchev–Trinajstić information content (AvgIpc) is 2.42. The number of nitrogens with one attached hydrogen (secondary N) is 1. The van der Waals surface area contributed by atoms with Gasteiger partial charge in [-0.2, -0.15) is 0 Å². The topological polar surface area (TPSA) is 41.5 Å². The molecule has 0 heterocycles. The molecule has 1 rings (SSSR count). The second-order valence-corrected chi connectivity index (χ2v) is 7.68. The van der Waals surface area contributed by atoms with Crippen molar-refractivity contribution in [1.82, 2.24) is 5.32 Å². The van der Waals surface area contributed by atoms with Crippen molar-refractivity contribution >= 4 is 0 Å². The molecule has 3 nitrogen and oxygen atoms in total. The highest BCUT2D eigenvalue weighted by atomic mass is 16.5. The second-order valence-electron chi connectivity index (χ2n) is 7.68. The van der Waals surface area contributed by atoms with Crippen LogP contribution >= 0.6 is 0 Å². The molecule has 126 valence electrons.